The average Bonchev–Trinajstić information content (AvgIpc) is 3.44. The fraction of sp³-hybridized carbons (Fsp3) is 0.0800. The molecule has 0 aliphatic carbocycles. The second kappa shape index (κ2) is 8.43. The number of aromatic nitrogens is 4. The van der Waals surface area contributed by atoms with Gasteiger partial charge in [-0.05, 0) is 53.6 Å². The minimum Gasteiger partial charge on any atom is -0.453 e. The Balaban J connectivity index is 1.63. The summed E-state index contributed by atoms with van der Waals surface area (Å²) >= 11 is 0. The topological polar surface area (TPSA) is 74.0 Å². The number of hydrogen-bond donors (Lipinski definition) is 1. The van der Waals surface area contributed by atoms with Crippen molar-refractivity contribution in [2.45, 2.75) is 0 Å². The zero-order valence-corrected chi connectivity index (χ0v) is 18.3. The Morgan fingerprint density at radius 2 is 1.85 bits per heavy atom. The zero-order valence-electron chi connectivity index (χ0n) is 18.3. The summed E-state index contributed by atoms with van der Waals surface area (Å²) in [6, 6.07) is 14.3. The monoisotopic (exact) mass is 459 g/mol. The van der Waals surface area contributed by atoms with E-state index in [9.17, 15) is 13.6 Å². The number of hydrogen-bond acceptors (Lipinski definition) is 4. The maximum absolute atomic E-state index is 14.6. The average molecular weight is 459 g/mol. The van der Waals surface area contributed by atoms with Crippen LogP contribution in [0.2, 0.25) is 0 Å². The molecule has 0 saturated carbocycles. The molecular weight excluding hydrogens is 440 g/mol. The Bertz CT molecular complexity index is 1540. The van der Waals surface area contributed by atoms with Crippen LogP contribution in [0.4, 0.5) is 19.3 Å². The zero-order chi connectivity index (χ0) is 23.8. The first-order valence-corrected chi connectivity index (χ1v) is 10.3. The minimum absolute atomic E-state index is 0.194. The first-order valence-electron chi connectivity index (χ1n) is 10.3. The normalized spacial score (nSPS) is 11.1. The van der Waals surface area contributed by atoms with Gasteiger partial charge < -0.3 is 4.74 Å². The molecule has 34 heavy (non-hydrogen) atoms. The molecular formula is C25H19F2N5O2. The van der Waals surface area contributed by atoms with Crippen molar-refractivity contribution >= 4 is 22.8 Å². The molecule has 2 heterocycles. The van der Waals surface area contributed by atoms with E-state index in [1.54, 1.807) is 35.4 Å². The molecule has 0 unspecified atom stereocenters. The van der Waals surface area contributed by atoms with Crippen molar-refractivity contribution in [2.75, 3.05) is 12.4 Å². The lowest BCUT2D eigenvalue weighted by Gasteiger charge is -2.13. The SMILES string of the molecule is COC(=O)Nc1cc(-c2ccc(F)cc2F)cc(-n2cnc3cc(-c4cnn(C)c4)ccc32)c1. The van der Waals surface area contributed by atoms with E-state index in [1.165, 1.54) is 19.2 Å². The fourth-order valence-corrected chi connectivity index (χ4v) is 3.84. The van der Waals surface area contributed by atoms with E-state index >= 15 is 0 Å². The van der Waals surface area contributed by atoms with E-state index in [2.05, 4.69) is 15.4 Å². The second-order valence-corrected chi connectivity index (χ2v) is 7.73. The quantitative estimate of drug-likeness (QED) is 0.382. The van der Waals surface area contributed by atoms with Crippen LogP contribution in [0, 0.1) is 11.6 Å². The Hall–Kier alpha value is -4.53. The fourth-order valence-electron chi connectivity index (χ4n) is 3.84. The molecule has 9 heteroatoms. The van der Waals surface area contributed by atoms with Gasteiger partial charge in [-0.15, -0.1) is 0 Å². The van der Waals surface area contributed by atoms with Gasteiger partial charge in [-0.1, -0.05) is 6.07 Å². The van der Waals surface area contributed by atoms with Crippen molar-refractivity contribution in [3.8, 4) is 27.9 Å². The molecule has 0 spiro atoms. The number of nitrogens with one attached hydrogen (secondary N) is 1. The van der Waals surface area contributed by atoms with Gasteiger partial charge in [0.2, 0.25) is 0 Å². The van der Waals surface area contributed by atoms with Gasteiger partial charge >= 0.3 is 6.09 Å². The number of nitrogens with zero attached hydrogens (tertiary/aromatic N) is 4. The van der Waals surface area contributed by atoms with Crippen LogP contribution in [0.25, 0.3) is 39.0 Å². The molecule has 1 amide bonds. The number of halogens is 2. The van der Waals surface area contributed by atoms with Crippen molar-refractivity contribution in [3.63, 3.8) is 0 Å². The number of rotatable bonds is 4. The lowest BCUT2D eigenvalue weighted by molar-refractivity contribution is 0.187. The number of amides is 1. The number of imidazole rings is 1. The van der Waals surface area contributed by atoms with Gasteiger partial charge in [0.25, 0.3) is 0 Å². The first kappa shape index (κ1) is 21.3. The molecule has 0 fully saturated rings. The van der Waals surface area contributed by atoms with Gasteiger partial charge in [-0.25, -0.2) is 18.6 Å². The molecule has 0 radical (unpaired) electrons. The van der Waals surface area contributed by atoms with Crippen molar-refractivity contribution in [1.82, 2.24) is 19.3 Å². The predicted octanol–water partition coefficient (Wildman–Crippen LogP) is 5.55. The highest BCUT2D eigenvalue weighted by molar-refractivity contribution is 5.88. The van der Waals surface area contributed by atoms with Crippen LogP contribution in [-0.4, -0.2) is 32.5 Å². The molecule has 5 rings (SSSR count). The molecule has 5 aromatic rings. The van der Waals surface area contributed by atoms with Gasteiger partial charge in [0, 0.05) is 41.8 Å². The highest BCUT2D eigenvalue weighted by Crippen LogP contribution is 2.31. The number of benzene rings is 3. The Kier molecular flexibility index (Phi) is 5.29. The van der Waals surface area contributed by atoms with Gasteiger partial charge in [0.1, 0.15) is 18.0 Å². The van der Waals surface area contributed by atoms with Gasteiger partial charge in [0.15, 0.2) is 0 Å². The summed E-state index contributed by atoms with van der Waals surface area (Å²) in [5.74, 6) is -1.38. The van der Waals surface area contributed by atoms with Crippen LogP contribution >= 0.6 is 0 Å². The molecule has 3 aromatic carbocycles. The third-order valence-corrected chi connectivity index (χ3v) is 5.46. The van der Waals surface area contributed by atoms with E-state index in [1.807, 2.05) is 36.0 Å². The third-order valence-electron chi connectivity index (χ3n) is 5.46. The van der Waals surface area contributed by atoms with E-state index < -0.39 is 17.7 Å². The maximum atomic E-state index is 14.6. The number of carbonyl (C=O) groups excluding carboxylic acids is 1. The van der Waals surface area contributed by atoms with Crippen molar-refractivity contribution in [2.24, 2.45) is 7.05 Å². The summed E-state index contributed by atoms with van der Waals surface area (Å²) in [4.78, 5) is 16.4. The van der Waals surface area contributed by atoms with E-state index in [-0.39, 0.29) is 5.56 Å². The van der Waals surface area contributed by atoms with Crippen LogP contribution in [-0.2, 0) is 11.8 Å². The molecule has 2 aromatic heterocycles. The van der Waals surface area contributed by atoms with Gasteiger partial charge in [-0.3, -0.25) is 14.6 Å². The standard InChI is InChI=1S/C25H19F2N5O2/c1-31-13-17(12-29-31)15-3-6-24-23(9-15)28-14-32(24)20-8-16(7-19(11-20)30-25(33)34-2)21-5-4-18(26)10-22(21)27/h3-14H,1-2H3,(H,30,33). The molecule has 1 N–H and O–H groups in total. The Morgan fingerprint density at radius 3 is 2.59 bits per heavy atom. The molecule has 0 aliphatic heterocycles. The molecule has 0 bridgehead atoms. The maximum Gasteiger partial charge on any atom is 0.411 e. The smallest absolute Gasteiger partial charge is 0.411 e. The number of aryl methyl sites for hydroxylation is 1. The summed E-state index contributed by atoms with van der Waals surface area (Å²) in [6.45, 7) is 0. The van der Waals surface area contributed by atoms with E-state index in [4.69, 9.17) is 4.74 Å². The van der Waals surface area contributed by atoms with Crippen molar-refractivity contribution in [3.05, 3.63) is 85.0 Å². The minimum atomic E-state index is -0.710. The Morgan fingerprint density at radius 1 is 1.00 bits per heavy atom. The first-order chi connectivity index (χ1) is 16.4. The number of anilines is 1. The summed E-state index contributed by atoms with van der Waals surface area (Å²) in [5, 5.41) is 6.82. The van der Waals surface area contributed by atoms with Crippen molar-refractivity contribution < 1.29 is 18.3 Å². The molecule has 0 atom stereocenters. The van der Waals surface area contributed by atoms with Crippen LogP contribution in [0.15, 0.2) is 73.3 Å². The number of carbonyl (C=O) groups is 1. The largest absolute Gasteiger partial charge is 0.453 e. The lowest BCUT2D eigenvalue weighted by Crippen LogP contribution is -2.11. The molecule has 0 aliphatic rings. The summed E-state index contributed by atoms with van der Waals surface area (Å²) in [6.07, 6.45) is 4.69. The molecule has 170 valence electrons. The van der Waals surface area contributed by atoms with Gasteiger partial charge in [0.05, 0.1) is 24.3 Å². The van der Waals surface area contributed by atoms with Crippen LogP contribution in [0.3, 0.4) is 0 Å². The summed E-state index contributed by atoms with van der Waals surface area (Å²) in [5.41, 5.74) is 5.17. The highest BCUT2D eigenvalue weighted by Gasteiger charge is 2.14. The Labute approximate surface area is 193 Å². The number of fused-ring (bicyclic) bond motifs is 1. The third kappa shape index (κ3) is 3.99. The number of ether oxygens (including phenoxy) is 1. The number of methoxy groups -OCH3 is 1. The van der Waals surface area contributed by atoms with Crippen molar-refractivity contribution in [1.29, 1.82) is 0 Å². The van der Waals surface area contributed by atoms with Gasteiger partial charge in [-0.2, -0.15) is 5.10 Å². The van der Waals surface area contributed by atoms with Crippen LogP contribution < -0.4 is 5.32 Å². The van der Waals surface area contributed by atoms with E-state index in [0.717, 1.165) is 28.2 Å². The summed E-state index contributed by atoms with van der Waals surface area (Å²) in [7, 11) is 3.11. The molecule has 0 saturated heterocycles. The van der Waals surface area contributed by atoms with Crippen LogP contribution in [0.1, 0.15) is 0 Å². The predicted molar refractivity (Wildman–Crippen MR) is 125 cm³/mol. The highest BCUT2D eigenvalue weighted by atomic mass is 19.1. The second-order valence-electron chi connectivity index (χ2n) is 7.73. The lowest BCUT2D eigenvalue weighted by atomic mass is 10.0. The molecule has 7 nitrogen and oxygen atoms in total. The van der Waals surface area contributed by atoms with Crippen LogP contribution in [0.5, 0.6) is 0 Å². The van der Waals surface area contributed by atoms with E-state index in [0.29, 0.717) is 16.9 Å². The summed E-state index contributed by atoms with van der Waals surface area (Å²) < 4.78 is 36.3.